The first-order valence-corrected chi connectivity index (χ1v) is 3.55. The molecule has 1 aromatic carbocycles. The summed E-state index contributed by atoms with van der Waals surface area (Å²) < 4.78 is 12.8. The number of hydrogen-bond acceptors (Lipinski definition) is 2. The van der Waals surface area contributed by atoms with Crippen LogP contribution in [0.25, 0.3) is 0 Å². The summed E-state index contributed by atoms with van der Waals surface area (Å²) in [6.45, 7) is 0. The van der Waals surface area contributed by atoms with E-state index in [2.05, 4.69) is 17.5 Å². The Labute approximate surface area is 74.0 Å². The number of rotatable bonds is 1. The standard InChI is InChI=1S/C7H7FN2OS/c8-5-2-1-4(11)3-6(5)10-7(9)12/h1-3,11H,(H3,9,10,12). The highest BCUT2D eigenvalue weighted by Crippen LogP contribution is 2.19. The zero-order chi connectivity index (χ0) is 9.14. The van der Waals surface area contributed by atoms with E-state index in [9.17, 15) is 4.39 Å². The summed E-state index contributed by atoms with van der Waals surface area (Å²) in [5.74, 6) is -0.559. The van der Waals surface area contributed by atoms with Gasteiger partial charge < -0.3 is 16.2 Å². The van der Waals surface area contributed by atoms with E-state index in [0.29, 0.717) is 0 Å². The fourth-order valence-corrected chi connectivity index (χ4v) is 0.852. The molecule has 0 aliphatic carbocycles. The molecule has 0 amide bonds. The first-order chi connectivity index (χ1) is 5.59. The van der Waals surface area contributed by atoms with Crippen LogP contribution < -0.4 is 11.1 Å². The minimum Gasteiger partial charge on any atom is -0.508 e. The van der Waals surface area contributed by atoms with Crippen molar-refractivity contribution < 1.29 is 9.50 Å². The first-order valence-electron chi connectivity index (χ1n) is 3.14. The number of thiocarbonyl (C=S) groups is 1. The summed E-state index contributed by atoms with van der Waals surface area (Å²) >= 11 is 4.50. The molecule has 12 heavy (non-hydrogen) atoms. The molecule has 0 aromatic heterocycles. The van der Waals surface area contributed by atoms with Crippen molar-refractivity contribution >= 4 is 23.0 Å². The van der Waals surface area contributed by atoms with E-state index in [-0.39, 0.29) is 16.5 Å². The van der Waals surface area contributed by atoms with E-state index in [4.69, 9.17) is 10.8 Å². The summed E-state index contributed by atoms with van der Waals surface area (Å²) in [6, 6.07) is 3.56. The molecule has 0 fully saturated rings. The van der Waals surface area contributed by atoms with Gasteiger partial charge in [0.1, 0.15) is 11.6 Å². The third kappa shape index (κ3) is 2.06. The Morgan fingerprint density at radius 2 is 2.25 bits per heavy atom. The summed E-state index contributed by atoms with van der Waals surface area (Å²) in [5, 5.41) is 11.3. The molecular weight excluding hydrogens is 179 g/mol. The van der Waals surface area contributed by atoms with Crippen LogP contribution in [0.2, 0.25) is 0 Å². The minimum absolute atomic E-state index is 0.0421. The smallest absolute Gasteiger partial charge is 0.168 e. The Kier molecular flexibility index (Phi) is 2.44. The minimum atomic E-state index is -0.513. The molecule has 0 unspecified atom stereocenters. The topological polar surface area (TPSA) is 58.3 Å². The van der Waals surface area contributed by atoms with Crippen LogP contribution in [-0.2, 0) is 0 Å². The van der Waals surface area contributed by atoms with Gasteiger partial charge in [0.25, 0.3) is 0 Å². The van der Waals surface area contributed by atoms with Gasteiger partial charge in [0, 0.05) is 6.07 Å². The first kappa shape index (κ1) is 8.73. The number of aromatic hydroxyl groups is 1. The summed E-state index contributed by atoms with van der Waals surface area (Å²) in [5.41, 5.74) is 5.19. The van der Waals surface area contributed by atoms with Crippen LogP contribution in [0.4, 0.5) is 10.1 Å². The Morgan fingerprint density at radius 3 is 2.83 bits per heavy atom. The second-order valence-electron chi connectivity index (χ2n) is 2.15. The Bertz CT molecular complexity index is 316. The predicted octanol–water partition coefficient (Wildman–Crippen LogP) is 1.19. The molecule has 0 saturated heterocycles. The van der Waals surface area contributed by atoms with Crippen LogP contribution in [0, 0.1) is 5.82 Å². The van der Waals surface area contributed by atoms with Crippen LogP contribution in [-0.4, -0.2) is 10.2 Å². The lowest BCUT2D eigenvalue weighted by molar-refractivity contribution is 0.473. The molecule has 0 saturated carbocycles. The van der Waals surface area contributed by atoms with Gasteiger partial charge in [-0.25, -0.2) is 4.39 Å². The van der Waals surface area contributed by atoms with Crippen molar-refractivity contribution in [3.63, 3.8) is 0 Å². The van der Waals surface area contributed by atoms with Crippen molar-refractivity contribution in [2.24, 2.45) is 5.73 Å². The van der Waals surface area contributed by atoms with Crippen molar-refractivity contribution in [3.05, 3.63) is 24.0 Å². The molecule has 1 rings (SSSR count). The van der Waals surface area contributed by atoms with E-state index in [1.165, 1.54) is 12.1 Å². The van der Waals surface area contributed by atoms with Crippen molar-refractivity contribution in [3.8, 4) is 5.75 Å². The van der Waals surface area contributed by atoms with E-state index in [0.717, 1.165) is 6.07 Å². The molecule has 0 aliphatic heterocycles. The third-order valence-electron chi connectivity index (χ3n) is 1.21. The van der Waals surface area contributed by atoms with Gasteiger partial charge in [-0.2, -0.15) is 0 Å². The molecule has 1 aromatic rings. The lowest BCUT2D eigenvalue weighted by Crippen LogP contribution is -2.19. The van der Waals surface area contributed by atoms with Gasteiger partial charge in [0.2, 0.25) is 0 Å². The average molecular weight is 186 g/mol. The number of hydrogen-bond donors (Lipinski definition) is 3. The monoisotopic (exact) mass is 186 g/mol. The van der Waals surface area contributed by atoms with E-state index < -0.39 is 5.82 Å². The second-order valence-corrected chi connectivity index (χ2v) is 2.59. The molecule has 4 N–H and O–H groups in total. The summed E-state index contributed by atoms with van der Waals surface area (Å²) in [4.78, 5) is 0. The van der Waals surface area contributed by atoms with Gasteiger partial charge in [-0.05, 0) is 24.4 Å². The van der Waals surface area contributed by atoms with Gasteiger partial charge in [0.05, 0.1) is 5.69 Å². The highest BCUT2D eigenvalue weighted by Gasteiger charge is 2.02. The molecule has 0 radical (unpaired) electrons. The molecule has 3 nitrogen and oxygen atoms in total. The number of nitrogens with two attached hydrogens (primary N) is 1. The van der Waals surface area contributed by atoms with Gasteiger partial charge in [-0.15, -0.1) is 0 Å². The largest absolute Gasteiger partial charge is 0.508 e. The number of phenolic OH excluding ortho intramolecular Hbond substituents is 1. The lowest BCUT2D eigenvalue weighted by atomic mass is 10.3. The van der Waals surface area contributed by atoms with Crippen molar-refractivity contribution in [2.75, 3.05) is 5.32 Å². The maximum atomic E-state index is 12.8. The van der Waals surface area contributed by atoms with Crippen molar-refractivity contribution in [1.29, 1.82) is 0 Å². The molecule has 64 valence electrons. The number of nitrogens with one attached hydrogen (secondary N) is 1. The third-order valence-corrected chi connectivity index (χ3v) is 1.31. The fourth-order valence-electron chi connectivity index (χ4n) is 0.742. The molecule has 0 spiro atoms. The predicted molar refractivity (Wildman–Crippen MR) is 48.5 cm³/mol. The van der Waals surface area contributed by atoms with Crippen LogP contribution >= 0.6 is 12.2 Å². The Hall–Kier alpha value is -1.36. The maximum absolute atomic E-state index is 12.8. The summed E-state index contributed by atoms with van der Waals surface area (Å²) in [6.07, 6.45) is 0. The maximum Gasteiger partial charge on any atom is 0.168 e. The number of anilines is 1. The van der Waals surface area contributed by atoms with Crippen LogP contribution in [0.1, 0.15) is 0 Å². The molecular formula is C7H7FN2OS. The van der Waals surface area contributed by atoms with Crippen LogP contribution in [0.3, 0.4) is 0 Å². The quantitative estimate of drug-likeness (QED) is 0.576. The van der Waals surface area contributed by atoms with Gasteiger partial charge in [-0.1, -0.05) is 0 Å². The molecule has 0 aliphatic rings. The van der Waals surface area contributed by atoms with Gasteiger partial charge >= 0.3 is 0 Å². The number of phenols is 1. The zero-order valence-electron chi connectivity index (χ0n) is 6.04. The molecule has 0 heterocycles. The van der Waals surface area contributed by atoms with E-state index in [1.54, 1.807) is 0 Å². The highest BCUT2D eigenvalue weighted by molar-refractivity contribution is 7.80. The number of benzene rings is 1. The van der Waals surface area contributed by atoms with Gasteiger partial charge in [-0.3, -0.25) is 0 Å². The van der Waals surface area contributed by atoms with Gasteiger partial charge in [0.15, 0.2) is 5.11 Å². The fraction of sp³-hybridized carbons (Fsp3) is 0. The Morgan fingerprint density at radius 1 is 1.58 bits per heavy atom. The number of halogens is 1. The Balaban J connectivity index is 2.97. The molecule has 0 atom stereocenters. The van der Waals surface area contributed by atoms with Crippen molar-refractivity contribution in [1.82, 2.24) is 0 Å². The molecule has 5 heteroatoms. The van der Waals surface area contributed by atoms with E-state index in [1.807, 2.05) is 0 Å². The second kappa shape index (κ2) is 3.36. The van der Waals surface area contributed by atoms with Crippen LogP contribution in [0.15, 0.2) is 18.2 Å². The van der Waals surface area contributed by atoms with Crippen molar-refractivity contribution in [2.45, 2.75) is 0 Å². The van der Waals surface area contributed by atoms with E-state index >= 15 is 0 Å². The normalized spacial score (nSPS) is 9.42. The highest BCUT2D eigenvalue weighted by atomic mass is 32.1. The SMILES string of the molecule is NC(=S)Nc1cc(O)ccc1F. The molecule has 0 bridgehead atoms. The lowest BCUT2D eigenvalue weighted by Gasteiger charge is -2.04. The average Bonchev–Trinajstić information content (AvgIpc) is 1.96. The zero-order valence-corrected chi connectivity index (χ0v) is 6.86. The van der Waals surface area contributed by atoms with Crippen LogP contribution in [0.5, 0.6) is 5.75 Å². The summed E-state index contributed by atoms with van der Waals surface area (Å²) in [7, 11) is 0.